The van der Waals surface area contributed by atoms with Crippen molar-refractivity contribution in [1.82, 2.24) is 10.1 Å². The fourth-order valence-corrected chi connectivity index (χ4v) is 1.72. The summed E-state index contributed by atoms with van der Waals surface area (Å²) in [5.74, 6) is 2.47. The molecule has 2 aromatic rings. The van der Waals surface area contributed by atoms with E-state index in [0.29, 0.717) is 17.6 Å². The smallest absolute Gasteiger partial charge is 0.240 e. The quantitative estimate of drug-likeness (QED) is 0.871. The van der Waals surface area contributed by atoms with Crippen molar-refractivity contribution in [3.05, 3.63) is 30.2 Å². The molecule has 0 atom stereocenters. The minimum absolute atomic E-state index is 0.248. The predicted molar refractivity (Wildman–Crippen MR) is 65.8 cm³/mol. The van der Waals surface area contributed by atoms with E-state index in [9.17, 15) is 0 Å². The highest BCUT2D eigenvalue weighted by atomic mass is 16.5. The summed E-state index contributed by atoms with van der Waals surface area (Å²) in [6.07, 6.45) is 2.53. The SMILES string of the molecule is NCc1nc(-c2ccccc2OCC2CC2)no1. The van der Waals surface area contributed by atoms with Crippen molar-refractivity contribution in [2.75, 3.05) is 6.61 Å². The lowest BCUT2D eigenvalue weighted by Crippen LogP contribution is -2.00. The Kier molecular flexibility index (Phi) is 2.98. The molecule has 0 spiro atoms. The van der Waals surface area contributed by atoms with Gasteiger partial charge in [-0.3, -0.25) is 0 Å². The van der Waals surface area contributed by atoms with Gasteiger partial charge >= 0.3 is 0 Å². The van der Waals surface area contributed by atoms with Crippen LogP contribution in [0.2, 0.25) is 0 Å². The largest absolute Gasteiger partial charge is 0.493 e. The maximum atomic E-state index is 5.81. The van der Waals surface area contributed by atoms with Crippen molar-refractivity contribution in [2.45, 2.75) is 19.4 Å². The monoisotopic (exact) mass is 245 g/mol. The summed E-state index contributed by atoms with van der Waals surface area (Å²) in [4.78, 5) is 4.22. The Balaban J connectivity index is 1.84. The molecule has 18 heavy (non-hydrogen) atoms. The minimum atomic E-state index is 0.248. The zero-order valence-electron chi connectivity index (χ0n) is 10.0. The van der Waals surface area contributed by atoms with Gasteiger partial charge in [0.25, 0.3) is 0 Å². The Hall–Kier alpha value is -1.88. The summed E-state index contributed by atoms with van der Waals surface area (Å²) in [6, 6.07) is 7.72. The van der Waals surface area contributed by atoms with E-state index in [0.717, 1.165) is 17.9 Å². The summed E-state index contributed by atoms with van der Waals surface area (Å²) in [5, 5.41) is 3.91. The summed E-state index contributed by atoms with van der Waals surface area (Å²) < 4.78 is 10.8. The third kappa shape index (κ3) is 2.36. The molecule has 94 valence electrons. The highest BCUT2D eigenvalue weighted by Crippen LogP contribution is 2.32. The predicted octanol–water partition coefficient (Wildman–Crippen LogP) is 1.98. The van der Waals surface area contributed by atoms with Crippen LogP contribution in [0.15, 0.2) is 28.8 Å². The van der Waals surface area contributed by atoms with Crippen molar-refractivity contribution in [3.63, 3.8) is 0 Å². The molecule has 0 unspecified atom stereocenters. The molecule has 5 nitrogen and oxygen atoms in total. The average Bonchev–Trinajstić information content (AvgIpc) is 3.12. The van der Waals surface area contributed by atoms with Crippen molar-refractivity contribution >= 4 is 0 Å². The highest BCUT2D eigenvalue weighted by molar-refractivity contribution is 5.63. The lowest BCUT2D eigenvalue weighted by Gasteiger charge is -2.08. The molecule has 5 heteroatoms. The van der Waals surface area contributed by atoms with Crippen molar-refractivity contribution in [1.29, 1.82) is 0 Å². The number of ether oxygens (including phenoxy) is 1. The first-order valence-corrected chi connectivity index (χ1v) is 6.11. The molecule has 1 saturated carbocycles. The Morgan fingerprint density at radius 2 is 2.17 bits per heavy atom. The molecule has 2 N–H and O–H groups in total. The maximum absolute atomic E-state index is 5.81. The second-order valence-corrected chi connectivity index (χ2v) is 4.47. The maximum Gasteiger partial charge on any atom is 0.240 e. The van der Waals surface area contributed by atoms with Gasteiger partial charge in [0.05, 0.1) is 18.7 Å². The van der Waals surface area contributed by atoms with Crippen LogP contribution in [-0.2, 0) is 6.54 Å². The van der Waals surface area contributed by atoms with Crippen LogP contribution in [0.3, 0.4) is 0 Å². The van der Waals surface area contributed by atoms with Crippen molar-refractivity contribution in [2.24, 2.45) is 11.7 Å². The molecule has 0 aliphatic heterocycles. The Morgan fingerprint density at radius 1 is 1.33 bits per heavy atom. The van der Waals surface area contributed by atoms with Crippen LogP contribution in [0.1, 0.15) is 18.7 Å². The molecule has 1 aromatic heterocycles. The van der Waals surface area contributed by atoms with Gasteiger partial charge in [-0.25, -0.2) is 0 Å². The van der Waals surface area contributed by atoms with Gasteiger partial charge < -0.3 is 15.0 Å². The van der Waals surface area contributed by atoms with Gasteiger partial charge in [-0.15, -0.1) is 0 Å². The van der Waals surface area contributed by atoms with Crippen LogP contribution in [0.4, 0.5) is 0 Å². The molecule has 0 amide bonds. The fourth-order valence-electron chi connectivity index (χ4n) is 1.72. The molecule has 0 radical (unpaired) electrons. The first-order valence-electron chi connectivity index (χ1n) is 6.11. The number of aromatic nitrogens is 2. The standard InChI is InChI=1S/C13H15N3O2/c14-7-12-15-13(16-18-12)10-3-1-2-4-11(10)17-8-9-5-6-9/h1-4,9H,5-8,14H2. The summed E-state index contributed by atoms with van der Waals surface area (Å²) in [6.45, 7) is 1.01. The first kappa shape index (κ1) is 11.2. The molecular weight excluding hydrogens is 230 g/mol. The van der Waals surface area contributed by atoms with Gasteiger partial charge in [0.1, 0.15) is 5.75 Å². The van der Waals surface area contributed by atoms with Gasteiger partial charge in [0, 0.05) is 0 Å². The van der Waals surface area contributed by atoms with Crippen LogP contribution < -0.4 is 10.5 Å². The lowest BCUT2D eigenvalue weighted by atomic mass is 10.2. The topological polar surface area (TPSA) is 74.2 Å². The number of nitrogens with zero attached hydrogens (tertiary/aromatic N) is 2. The van der Waals surface area contributed by atoms with Gasteiger partial charge in [0.15, 0.2) is 0 Å². The molecule has 1 heterocycles. The molecule has 3 rings (SSSR count). The van der Waals surface area contributed by atoms with Gasteiger partial charge in [-0.2, -0.15) is 4.98 Å². The third-order valence-electron chi connectivity index (χ3n) is 2.94. The van der Waals surface area contributed by atoms with Crippen LogP contribution >= 0.6 is 0 Å². The molecule has 1 aromatic carbocycles. The molecule has 1 fully saturated rings. The molecular formula is C13H15N3O2. The van der Waals surface area contributed by atoms with E-state index < -0.39 is 0 Å². The van der Waals surface area contributed by atoms with Crippen LogP contribution in [0.25, 0.3) is 11.4 Å². The zero-order chi connectivity index (χ0) is 12.4. The third-order valence-corrected chi connectivity index (χ3v) is 2.94. The number of para-hydroxylation sites is 1. The van der Waals surface area contributed by atoms with E-state index in [1.807, 2.05) is 24.3 Å². The number of rotatable bonds is 5. The van der Waals surface area contributed by atoms with Crippen LogP contribution in [0, 0.1) is 5.92 Å². The zero-order valence-corrected chi connectivity index (χ0v) is 10.0. The molecule has 0 bridgehead atoms. The van der Waals surface area contributed by atoms with E-state index in [2.05, 4.69) is 10.1 Å². The van der Waals surface area contributed by atoms with Gasteiger partial charge in [-0.05, 0) is 30.9 Å². The first-order chi connectivity index (χ1) is 8.86. The van der Waals surface area contributed by atoms with Crippen molar-refractivity contribution < 1.29 is 9.26 Å². The van der Waals surface area contributed by atoms with E-state index in [-0.39, 0.29) is 6.54 Å². The Morgan fingerprint density at radius 3 is 2.89 bits per heavy atom. The van der Waals surface area contributed by atoms with Gasteiger partial charge in [0.2, 0.25) is 11.7 Å². The average molecular weight is 245 g/mol. The Labute approximate surface area is 105 Å². The normalized spacial score (nSPS) is 14.7. The van der Waals surface area contributed by atoms with Crippen LogP contribution in [-0.4, -0.2) is 16.7 Å². The molecule has 1 aliphatic rings. The molecule has 0 saturated heterocycles. The summed E-state index contributed by atoms with van der Waals surface area (Å²) >= 11 is 0. The highest BCUT2D eigenvalue weighted by Gasteiger charge is 2.22. The summed E-state index contributed by atoms with van der Waals surface area (Å²) in [5.41, 5.74) is 6.31. The fraction of sp³-hybridized carbons (Fsp3) is 0.385. The second kappa shape index (κ2) is 4.78. The molecule has 1 aliphatic carbocycles. The van der Waals surface area contributed by atoms with E-state index in [1.54, 1.807) is 0 Å². The van der Waals surface area contributed by atoms with E-state index >= 15 is 0 Å². The second-order valence-electron chi connectivity index (χ2n) is 4.47. The lowest BCUT2D eigenvalue weighted by molar-refractivity contribution is 0.300. The van der Waals surface area contributed by atoms with Crippen LogP contribution in [0.5, 0.6) is 5.75 Å². The van der Waals surface area contributed by atoms with E-state index in [4.69, 9.17) is 15.0 Å². The summed E-state index contributed by atoms with van der Waals surface area (Å²) in [7, 11) is 0. The van der Waals surface area contributed by atoms with Gasteiger partial charge in [-0.1, -0.05) is 17.3 Å². The number of hydrogen-bond donors (Lipinski definition) is 1. The van der Waals surface area contributed by atoms with E-state index in [1.165, 1.54) is 12.8 Å². The Bertz CT molecular complexity index is 535. The minimum Gasteiger partial charge on any atom is -0.493 e. The van der Waals surface area contributed by atoms with Crippen molar-refractivity contribution in [3.8, 4) is 17.1 Å². The number of hydrogen-bond acceptors (Lipinski definition) is 5. The number of nitrogens with two attached hydrogens (primary N) is 1. The number of benzene rings is 1.